The summed E-state index contributed by atoms with van der Waals surface area (Å²) in [6.07, 6.45) is 3.51. The van der Waals surface area contributed by atoms with Crippen molar-refractivity contribution >= 4 is 5.97 Å². The summed E-state index contributed by atoms with van der Waals surface area (Å²) >= 11 is 0. The van der Waals surface area contributed by atoms with Crippen LogP contribution in [0.25, 0.3) is 0 Å². The van der Waals surface area contributed by atoms with Crippen LogP contribution in [0.15, 0.2) is 0 Å². The van der Waals surface area contributed by atoms with Crippen molar-refractivity contribution in [2.24, 2.45) is 5.92 Å². The first kappa shape index (κ1) is 11.0. The van der Waals surface area contributed by atoms with E-state index < -0.39 is 0 Å². The van der Waals surface area contributed by atoms with Gasteiger partial charge in [-0.15, -0.1) is 0 Å². The SMILES string of the molecule is COC(=O)CCNC1CCCC1C#N. The summed E-state index contributed by atoms with van der Waals surface area (Å²) in [6.45, 7) is 0.607. The summed E-state index contributed by atoms with van der Waals surface area (Å²) in [5.74, 6) is -0.0864. The van der Waals surface area contributed by atoms with Crippen molar-refractivity contribution in [1.82, 2.24) is 5.32 Å². The van der Waals surface area contributed by atoms with E-state index in [1.807, 2.05) is 0 Å². The number of carbonyl (C=O) groups excluding carboxylic acids is 1. The molecule has 4 heteroatoms. The molecule has 0 aromatic heterocycles. The maximum Gasteiger partial charge on any atom is 0.306 e. The number of carbonyl (C=O) groups is 1. The molecule has 0 radical (unpaired) electrons. The highest BCUT2D eigenvalue weighted by Crippen LogP contribution is 2.24. The van der Waals surface area contributed by atoms with Crippen LogP contribution in [0.2, 0.25) is 0 Å². The van der Waals surface area contributed by atoms with E-state index in [0.29, 0.717) is 13.0 Å². The monoisotopic (exact) mass is 196 g/mol. The second-order valence-corrected chi connectivity index (χ2v) is 3.55. The van der Waals surface area contributed by atoms with Gasteiger partial charge in [0.15, 0.2) is 0 Å². The predicted molar refractivity (Wildman–Crippen MR) is 51.4 cm³/mol. The maximum absolute atomic E-state index is 10.8. The standard InChI is InChI=1S/C10H16N2O2/c1-14-10(13)5-6-12-9-4-2-3-8(9)7-11/h8-9,12H,2-6H2,1H3. The van der Waals surface area contributed by atoms with Crippen molar-refractivity contribution in [3.8, 4) is 6.07 Å². The molecule has 1 aliphatic carbocycles. The van der Waals surface area contributed by atoms with Crippen LogP contribution in [0.3, 0.4) is 0 Å². The fourth-order valence-electron chi connectivity index (χ4n) is 1.82. The Morgan fingerprint density at radius 3 is 3.07 bits per heavy atom. The summed E-state index contributed by atoms with van der Waals surface area (Å²) in [5.41, 5.74) is 0. The zero-order chi connectivity index (χ0) is 10.4. The first-order valence-electron chi connectivity index (χ1n) is 4.97. The van der Waals surface area contributed by atoms with Gasteiger partial charge in [-0.2, -0.15) is 5.26 Å². The molecule has 2 unspecified atom stereocenters. The molecule has 1 N–H and O–H groups in total. The predicted octanol–water partition coefficient (Wildman–Crippen LogP) is 0.831. The van der Waals surface area contributed by atoms with Crippen molar-refractivity contribution < 1.29 is 9.53 Å². The minimum Gasteiger partial charge on any atom is -0.469 e. The van der Waals surface area contributed by atoms with Gasteiger partial charge in [0.2, 0.25) is 0 Å². The molecule has 0 aliphatic heterocycles. The minimum atomic E-state index is -0.205. The number of ether oxygens (including phenoxy) is 1. The van der Waals surface area contributed by atoms with Crippen LogP contribution in [0, 0.1) is 17.2 Å². The zero-order valence-corrected chi connectivity index (χ0v) is 8.45. The quantitative estimate of drug-likeness (QED) is 0.676. The third-order valence-corrected chi connectivity index (χ3v) is 2.65. The number of hydrogen-bond donors (Lipinski definition) is 1. The van der Waals surface area contributed by atoms with Gasteiger partial charge >= 0.3 is 5.97 Å². The van der Waals surface area contributed by atoms with E-state index in [0.717, 1.165) is 19.3 Å². The largest absolute Gasteiger partial charge is 0.469 e. The third-order valence-electron chi connectivity index (χ3n) is 2.65. The number of methoxy groups -OCH3 is 1. The Morgan fingerprint density at radius 1 is 1.64 bits per heavy atom. The summed E-state index contributed by atoms with van der Waals surface area (Å²) in [5, 5.41) is 12.0. The lowest BCUT2D eigenvalue weighted by Gasteiger charge is -2.14. The number of esters is 1. The number of rotatable bonds is 4. The molecular weight excluding hydrogens is 180 g/mol. The Morgan fingerprint density at radius 2 is 2.43 bits per heavy atom. The summed E-state index contributed by atoms with van der Waals surface area (Å²) in [4.78, 5) is 10.8. The van der Waals surface area contributed by atoms with E-state index in [4.69, 9.17) is 5.26 Å². The second kappa shape index (κ2) is 5.61. The molecule has 0 saturated heterocycles. The highest BCUT2D eigenvalue weighted by atomic mass is 16.5. The highest BCUT2D eigenvalue weighted by molar-refractivity contribution is 5.69. The topological polar surface area (TPSA) is 62.1 Å². The van der Waals surface area contributed by atoms with Gasteiger partial charge < -0.3 is 10.1 Å². The normalized spacial score (nSPS) is 25.7. The molecule has 0 heterocycles. The van der Waals surface area contributed by atoms with Crippen LogP contribution in [0.5, 0.6) is 0 Å². The van der Waals surface area contributed by atoms with E-state index in [9.17, 15) is 4.79 Å². The van der Waals surface area contributed by atoms with Crippen LogP contribution in [-0.2, 0) is 9.53 Å². The van der Waals surface area contributed by atoms with E-state index in [-0.39, 0.29) is 17.9 Å². The molecule has 4 nitrogen and oxygen atoms in total. The Balaban J connectivity index is 2.18. The van der Waals surface area contributed by atoms with Crippen LogP contribution < -0.4 is 5.32 Å². The number of hydrogen-bond acceptors (Lipinski definition) is 4. The molecular formula is C10H16N2O2. The van der Waals surface area contributed by atoms with Crippen LogP contribution >= 0.6 is 0 Å². The minimum absolute atomic E-state index is 0.118. The lowest BCUT2D eigenvalue weighted by atomic mass is 10.1. The zero-order valence-electron chi connectivity index (χ0n) is 8.45. The smallest absolute Gasteiger partial charge is 0.306 e. The number of nitrogens with one attached hydrogen (secondary N) is 1. The summed E-state index contributed by atoms with van der Waals surface area (Å²) in [7, 11) is 1.38. The van der Waals surface area contributed by atoms with E-state index in [1.54, 1.807) is 0 Å². The molecule has 1 aliphatic rings. The summed E-state index contributed by atoms with van der Waals surface area (Å²) in [6, 6.07) is 2.56. The van der Waals surface area contributed by atoms with E-state index >= 15 is 0 Å². The van der Waals surface area contributed by atoms with Gasteiger partial charge in [-0.1, -0.05) is 6.42 Å². The first-order chi connectivity index (χ1) is 6.77. The Hall–Kier alpha value is -1.08. The Kier molecular flexibility index (Phi) is 4.41. The van der Waals surface area contributed by atoms with E-state index in [2.05, 4.69) is 16.1 Å². The Bertz CT molecular complexity index is 235. The lowest BCUT2D eigenvalue weighted by molar-refractivity contribution is -0.140. The molecule has 0 spiro atoms. The molecule has 0 aromatic rings. The lowest BCUT2D eigenvalue weighted by Crippen LogP contribution is -2.33. The van der Waals surface area contributed by atoms with Crippen molar-refractivity contribution in [3.63, 3.8) is 0 Å². The third kappa shape index (κ3) is 3.00. The van der Waals surface area contributed by atoms with Crippen LogP contribution in [0.1, 0.15) is 25.7 Å². The first-order valence-corrected chi connectivity index (χ1v) is 4.97. The molecule has 14 heavy (non-hydrogen) atoms. The molecule has 1 fully saturated rings. The number of nitrogens with zero attached hydrogens (tertiary/aromatic N) is 1. The average Bonchev–Trinajstić information content (AvgIpc) is 2.65. The molecule has 78 valence electrons. The van der Waals surface area contributed by atoms with Crippen molar-refractivity contribution in [1.29, 1.82) is 5.26 Å². The Labute approximate surface area is 84.2 Å². The van der Waals surface area contributed by atoms with Crippen LogP contribution in [0.4, 0.5) is 0 Å². The molecule has 0 aromatic carbocycles. The average molecular weight is 196 g/mol. The van der Waals surface area contributed by atoms with Gasteiger partial charge in [0.1, 0.15) is 0 Å². The van der Waals surface area contributed by atoms with Gasteiger partial charge in [0.25, 0.3) is 0 Å². The highest BCUT2D eigenvalue weighted by Gasteiger charge is 2.26. The summed E-state index contributed by atoms with van der Waals surface area (Å²) < 4.78 is 4.52. The number of nitriles is 1. The van der Waals surface area contributed by atoms with Gasteiger partial charge in [-0.3, -0.25) is 4.79 Å². The molecule has 1 rings (SSSR count). The van der Waals surface area contributed by atoms with E-state index in [1.165, 1.54) is 7.11 Å². The van der Waals surface area contributed by atoms with Gasteiger partial charge in [0.05, 0.1) is 25.5 Å². The van der Waals surface area contributed by atoms with Gasteiger partial charge in [0, 0.05) is 12.6 Å². The second-order valence-electron chi connectivity index (χ2n) is 3.55. The van der Waals surface area contributed by atoms with Gasteiger partial charge in [-0.25, -0.2) is 0 Å². The molecule has 2 atom stereocenters. The van der Waals surface area contributed by atoms with Crippen molar-refractivity contribution in [3.05, 3.63) is 0 Å². The molecule has 1 saturated carbocycles. The molecule has 0 amide bonds. The van der Waals surface area contributed by atoms with Crippen molar-refractivity contribution in [2.45, 2.75) is 31.7 Å². The van der Waals surface area contributed by atoms with Crippen molar-refractivity contribution in [2.75, 3.05) is 13.7 Å². The fourth-order valence-corrected chi connectivity index (χ4v) is 1.82. The molecule has 0 bridgehead atoms. The van der Waals surface area contributed by atoms with Crippen LogP contribution in [-0.4, -0.2) is 25.7 Å². The fraction of sp³-hybridized carbons (Fsp3) is 0.800. The van der Waals surface area contributed by atoms with Gasteiger partial charge in [-0.05, 0) is 12.8 Å². The maximum atomic E-state index is 10.8.